The van der Waals surface area contributed by atoms with Crippen LogP contribution in [-0.4, -0.2) is 9.13 Å². The van der Waals surface area contributed by atoms with Gasteiger partial charge in [-0.15, -0.1) is 0 Å². The molecule has 0 bridgehead atoms. The van der Waals surface area contributed by atoms with Crippen molar-refractivity contribution in [1.29, 1.82) is 5.26 Å². The number of para-hydroxylation sites is 4. The van der Waals surface area contributed by atoms with E-state index in [1.165, 1.54) is 18.2 Å². The highest BCUT2D eigenvalue weighted by Crippen LogP contribution is 2.52. The lowest BCUT2D eigenvalue weighted by atomic mass is 9.85. The lowest BCUT2D eigenvalue weighted by Crippen LogP contribution is -2.15. The van der Waals surface area contributed by atoms with E-state index in [9.17, 15) is 5.26 Å². The number of furan rings is 2. The number of aromatic nitrogens is 2. The highest BCUT2D eigenvalue weighted by Gasteiger charge is 2.42. The minimum Gasteiger partial charge on any atom is -0.455 e. The van der Waals surface area contributed by atoms with Gasteiger partial charge in [0.25, 0.3) is 0 Å². The van der Waals surface area contributed by atoms with E-state index in [0.29, 0.717) is 67.6 Å². The summed E-state index contributed by atoms with van der Waals surface area (Å²) in [4.78, 5) is 0. The molecule has 0 saturated carbocycles. The van der Waals surface area contributed by atoms with Crippen LogP contribution in [0.3, 0.4) is 0 Å². The van der Waals surface area contributed by atoms with Crippen LogP contribution in [0, 0.1) is 11.3 Å². The maximum Gasteiger partial charge on any atom is 0.417 e. The van der Waals surface area contributed by atoms with E-state index in [-0.39, 0.29) is 27.9 Å². The van der Waals surface area contributed by atoms with Crippen LogP contribution < -0.4 is 0 Å². The fourth-order valence-corrected chi connectivity index (χ4v) is 10.6. The van der Waals surface area contributed by atoms with Gasteiger partial charge in [0.15, 0.2) is 0 Å². The van der Waals surface area contributed by atoms with Crippen molar-refractivity contribution in [2.45, 2.75) is 12.4 Å². The predicted octanol–water partition coefficient (Wildman–Crippen LogP) is 16.9. The fraction of sp³-hybridized carbons (Fsp3) is 0.0351. The monoisotopic (exact) mass is 901 g/mol. The van der Waals surface area contributed by atoms with Crippen LogP contribution in [0.2, 0.25) is 0 Å². The number of nitrogens with zero attached hydrogens (tertiary/aromatic N) is 3. The van der Waals surface area contributed by atoms with Gasteiger partial charge in [-0.2, -0.15) is 31.6 Å². The number of rotatable bonds is 4. The van der Waals surface area contributed by atoms with Gasteiger partial charge in [-0.3, -0.25) is 0 Å². The largest absolute Gasteiger partial charge is 0.455 e. The van der Waals surface area contributed by atoms with E-state index in [2.05, 4.69) is 6.07 Å². The molecule has 0 saturated heterocycles. The third kappa shape index (κ3) is 5.51. The summed E-state index contributed by atoms with van der Waals surface area (Å²) in [6, 6.07) is 51.8. The number of hydrogen-bond acceptors (Lipinski definition) is 3. The van der Waals surface area contributed by atoms with Gasteiger partial charge in [0.05, 0.1) is 67.0 Å². The summed E-state index contributed by atoms with van der Waals surface area (Å²) >= 11 is 0. The Morgan fingerprint density at radius 2 is 0.824 bits per heavy atom. The molecule has 0 unspecified atom stereocenters. The fourth-order valence-electron chi connectivity index (χ4n) is 10.6. The quantitative estimate of drug-likeness (QED) is 0.165. The Hall–Kier alpha value is -8.75. The van der Waals surface area contributed by atoms with Crippen LogP contribution in [-0.2, 0) is 12.4 Å². The number of benzene rings is 9. The van der Waals surface area contributed by atoms with Gasteiger partial charge in [0.2, 0.25) is 0 Å². The molecule has 5 nitrogen and oxygen atoms in total. The molecular formula is C57H29F6N3O2. The lowest BCUT2D eigenvalue weighted by molar-refractivity contribution is -0.142. The smallest absolute Gasteiger partial charge is 0.417 e. The van der Waals surface area contributed by atoms with E-state index in [0.717, 1.165) is 43.8 Å². The van der Waals surface area contributed by atoms with Crippen LogP contribution in [0.5, 0.6) is 0 Å². The summed E-state index contributed by atoms with van der Waals surface area (Å²) in [6.07, 6.45) is -10.4. The summed E-state index contributed by atoms with van der Waals surface area (Å²) < 4.78 is 109. The van der Waals surface area contributed by atoms with Crippen LogP contribution in [0.1, 0.15) is 16.7 Å². The molecule has 0 aliphatic heterocycles. The Balaban J connectivity index is 1.23. The summed E-state index contributed by atoms with van der Waals surface area (Å²) in [6.45, 7) is 0. The third-order valence-electron chi connectivity index (χ3n) is 13.2. The normalized spacial score (nSPS) is 12.5. The molecule has 0 amide bonds. The molecule has 0 radical (unpaired) electrons. The molecule has 13 aromatic rings. The molecule has 326 valence electrons. The van der Waals surface area contributed by atoms with Gasteiger partial charge in [0.1, 0.15) is 22.3 Å². The topological polar surface area (TPSA) is 59.9 Å². The van der Waals surface area contributed by atoms with Crippen molar-refractivity contribution in [1.82, 2.24) is 9.13 Å². The van der Waals surface area contributed by atoms with Crippen molar-refractivity contribution in [2.24, 2.45) is 0 Å². The SMILES string of the molecule is N#Cc1cccc(-n2c3ccccc3c3c4oc5ccccc5c4ccc32)c1-c1c(-c2c(C(F)(F)F)cccc2C(F)(F)F)cccc1-n1c2ccccc2c2c3oc4ccccc4c3ccc21. The average molecular weight is 902 g/mol. The first-order chi connectivity index (χ1) is 33.0. The standard InChI is InChI=1S/C57H29F6N3O2/c58-56(59,60)39-18-11-19-40(57(61,62)63)50(39)38-17-10-23-44(66-42-21-6-2-16-37(42)53-46(66)29-27-35-33-14-4-8-25-48(33)68-55(35)53)51(38)49-31(30-64)12-9-22-43(49)65-41-20-5-1-15-36(41)52-45(65)28-26-34-32-13-3-7-24-47(32)67-54(34)52/h1-29H. The summed E-state index contributed by atoms with van der Waals surface area (Å²) in [5, 5.41) is 17.6. The maximum absolute atomic E-state index is 15.4. The minimum absolute atomic E-state index is 0.0189. The third-order valence-corrected chi connectivity index (χ3v) is 13.2. The highest BCUT2D eigenvalue weighted by atomic mass is 19.4. The zero-order valence-corrected chi connectivity index (χ0v) is 35.2. The molecule has 0 aliphatic rings. The Kier molecular flexibility index (Phi) is 8.23. The molecule has 13 rings (SSSR count). The average Bonchev–Trinajstić information content (AvgIpc) is 4.10. The van der Waals surface area contributed by atoms with Gasteiger partial charge in [-0.1, -0.05) is 97.1 Å². The number of fused-ring (bicyclic) bond motifs is 14. The number of nitriles is 1. The van der Waals surface area contributed by atoms with E-state index < -0.39 is 29.0 Å². The summed E-state index contributed by atoms with van der Waals surface area (Å²) in [5.74, 6) is 0. The predicted molar refractivity (Wildman–Crippen MR) is 255 cm³/mol. The maximum atomic E-state index is 15.4. The molecule has 11 heteroatoms. The van der Waals surface area contributed by atoms with Crippen LogP contribution in [0.25, 0.3) is 121 Å². The summed E-state index contributed by atoms with van der Waals surface area (Å²) in [7, 11) is 0. The van der Waals surface area contributed by atoms with Gasteiger partial charge in [-0.05, 0) is 84.4 Å². The van der Waals surface area contributed by atoms with Crippen LogP contribution in [0.15, 0.2) is 185 Å². The van der Waals surface area contributed by atoms with Gasteiger partial charge < -0.3 is 18.0 Å². The van der Waals surface area contributed by atoms with E-state index in [4.69, 9.17) is 8.83 Å². The van der Waals surface area contributed by atoms with Gasteiger partial charge in [-0.25, -0.2) is 0 Å². The van der Waals surface area contributed by atoms with Crippen LogP contribution >= 0.6 is 0 Å². The zero-order valence-electron chi connectivity index (χ0n) is 35.2. The van der Waals surface area contributed by atoms with Crippen molar-refractivity contribution < 1.29 is 35.2 Å². The second-order valence-corrected chi connectivity index (χ2v) is 16.8. The molecule has 0 spiro atoms. The molecule has 68 heavy (non-hydrogen) atoms. The van der Waals surface area contributed by atoms with Crippen molar-refractivity contribution in [3.8, 4) is 39.7 Å². The zero-order chi connectivity index (χ0) is 46.2. The van der Waals surface area contributed by atoms with E-state index in [1.807, 2.05) is 130 Å². The van der Waals surface area contributed by atoms with Crippen molar-refractivity contribution in [3.63, 3.8) is 0 Å². The Bertz CT molecular complexity index is 4300. The molecule has 0 aliphatic carbocycles. The molecule has 9 aromatic carbocycles. The first-order valence-electron chi connectivity index (χ1n) is 21.6. The van der Waals surface area contributed by atoms with E-state index in [1.54, 1.807) is 18.2 Å². The summed E-state index contributed by atoms with van der Waals surface area (Å²) in [5.41, 5.74) is 1.31. The highest BCUT2D eigenvalue weighted by molar-refractivity contribution is 6.25. The number of halogens is 6. The van der Waals surface area contributed by atoms with Gasteiger partial charge >= 0.3 is 12.4 Å². The second kappa shape index (κ2) is 14.1. The molecule has 4 heterocycles. The molecule has 0 atom stereocenters. The Morgan fingerprint density at radius 1 is 0.382 bits per heavy atom. The Morgan fingerprint density at radius 3 is 1.32 bits per heavy atom. The van der Waals surface area contributed by atoms with Crippen molar-refractivity contribution in [3.05, 3.63) is 193 Å². The van der Waals surface area contributed by atoms with Crippen molar-refractivity contribution in [2.75, 3.05) is 0 Å². The molecule has 0 fully saturated rings. The minimum atomic E-state index is -5.22. The first kappa shape index (κ1) is 39.6. The van der Waals surface area contributed by atoms with E-state index >= 15 is 26.3 Å². The van der Waals surface area contributed by atoms with Crippen LogP contribution in [0.4, 0.5) is 26.3 Å². The lowest BCUT2D eigenvalue weighted by Gasteiger charge is -2.25. The van der Waals surface area contributed by atoms with Gasteiger partial charge in [0, 0.05) is 49.0 Å². The Labute approximate surface area is 380 Å². The number of hydrogen-bond donors (Lipinski definition) is 0. The van der Waals surface area contributed by atoms with Crippen molar-refractivity contribution >= 4 is 87.5 Å². The first-order valence-corrected chi connectivity index (χ1v) is 21.6. The molecular weight excluding hydrogens is 873 g/mol. The number of alkyl halides is 6. The molecule has 0 N–H and O–H groups in total. The second-order valence-electron chi connectivity index (χ2n) is 16.8. The molecule has 4 aromatic heterocycles.